The van der Waals surface area contributed by atoms with Crippen LogP contribution in [0.25, 0.3) is 10.8 Å². The zero-order valence-corrected chi connectivity index (χ0v) is 12.6. The maximum atomic E-state index is 12.8. The molecule has 1 amide bonds. The number of ether oxygens (including phenoxy) is 1. The van der Waals surface area contributed by atoms with Gasteiger partial charge in [-0.05, 0) is 35.7 Å². The summed E-state index contributed by atoms with van der Waals surface area (Å²) in [4.78, 5) is 14.7. The smallest absolute Gasteiger partial charge is 0.257 e. The number of amides is 1. The first-order valence-electron chi connectivity index (χ1n) is 7.54. The third kappa shape index (κ3) is 2.60. The van der Waals surface area contributed by atoms with Gasteiger partial charge in [-0.25, -0.2) is 0 Å². The topological polar surface area (TPSA) is 29.5 Å². The molecule has 0 aromatic heterocycles. The van der Waals surface area contributed by atoms with Gasteiger partial charge in [0.05, 0.1) is 12.7 Å². The quantitative estimate of drug-likeness (QED) is 0.856. The SMILES string of the molecule is COc1cc2ccccc2cc1C(=O)N(C)C1CCCC1. The van der Waals surface area contributed by atoms with Crippen LogP contribution in [0.1, 0.15) is 36.0 Å². The molecule has 0 atom stereocenters. The third-order valence-electron chi connectivity index (χ3n) is 4.49. The summed E-state index contributed by atoms with van der Waals surface area (Å²) in [5.74, 6) is 0.716. The lowest BCUT2D eigenvalue weighted by atomic mass is 10.0. The summed E-state index contributed by atoms with van der Waals surface area (Å²) >= 11 is 0. The predicted octanol–water partition coefficient (Wildman–Crippen LogP) is 3.86. The molecule has 1 fully saturated rings. The Morgan fingerprint density at radius 3 is 2.38 bits per heavy atom. The number of hydrogen-bond acceptors (Lipinski definition) is 2. The number of carbonyl (C=O) groups is 1. The molecule has 3 nitrogen and oxygen atoms in total. The van der Waals surface area contributed by atoms with Gasteiger partial charge in [0.15, 0.2) is 0 Å². The van der Waals surface area contributed by atoms with Crippen molar-refractivity contribution in [2.45, 2.75) is 31.7 Å². The Bertz CT molecular complexity index is 659. The Balaban J connectivity index is 1.99. The lowest BCUT2D eigenvalue weighted by Gasteiger charge is -2.25. The lowest BCUT2D eigenvalue weighted by Crippen LogP contribution is -2.35. The van der Waals surface area contributed by atoms with Gasteiger partial charge < -0.3 is 9.64 Å². The minimum atomic E-state index is 0.0597. The van der Waals surface area contributed by atoms with Crippen LogP contribution < -0.4 is 4.74 Å². The highest BCUT2D eigenvalue weighted by Crippen LogP contribution is 2.29. The number of methoxy groups -OCH3 is 1. The molecule has 0 saturated heterocycles. The van der Waals surface area contributed by atoms with Crippen molar-refractivity contribution < 1.29 is 9.53 Å². The molecule has 0 radical (unpaired) electrons. The van der Waals surface area contributed by atoms with E-state index in [9.17, 15) is 4.79 Å². The van der Waals surface area contributed by atoms with Crippen molar-refractivity contribution in [2.24, 2.45) is 0 Å². The van der Waals surface area contributed by atoms with Crippen LogP contribution in [0.15, 0.2) is 36.4 Å². The van der Waals surface area contributed by atoms with Gasteiger partial charge in [-0.1, -0.05) is 37.1 Å². The molecule has 0 spiro atoms. The van der Waals surface area contributed by atoms with Crippen molar-refractivity contribution in [2.75, 3.05) is 14.2 Å². The van der Waals surface area contributed by atoms with E-state index in [1.165, 1.54) is 12.8 Å². The van der Waals surface area contributed by atoms with Crippen molar-refractivity contribution in [1.82, 2.24) is 4.90 Å². The first kappa shape index (κ1) is 13.9. The standard InChI is InChI=1S/C18H21NO2/c1-19(15-9-5-6-10-15)18(20)16-11-13-7-3-4-8-14(13)12-17(16)21-2/h3-4,7-8,11-12,15H,5-6,9-10H2,1-2H3. The van der Waals surface area contributed by atoms with E-state index in [0.29, 0.717) is 17.4 Å². The summed E-state index contributed by atoms with van der Waals surface area (Å²) in [5, 5.41) is 2.16. The van der Waals surface area contributed by atoms with Gasteiger partial charge in [0.1, 0.15) is 5.75 Å². The van der Waals surface area contributed by atoms with Gasteiger partial charge in [0.25, 0.3) is 5.91 Å². The summed E-state index contributed by atoms with van der Waals surface area (Å²) in [6, 6.07) is 12.3. The van der Waals surface area contributed by atoms with Crippen LogP contribution in [0.3, 0.4) is 0 Å². The molecule has 1 saturated carbocycles. The van der Waals surface area contributed by atoms with Gasteiger partial charge in [0.2, 0.25) is 0 Å². The highest BCUT2D eigenvalue weighted by atomic mass is 16.5. The van der Waals surface area contributed by atoms with Crippen molar-refractivity contribution in [3.63, 3.8) is 0 Å². The second-order valence-corrected chi connectivity index (χ2v) is 5.75. The second-order valence-electron chi connectivity index (χ2n) is 5.75. The highest BCUT2D eigenvalue weighted by Gasteiger charge is 2.26. The van der Waals surface area contributed by atoms with Crippen LogP contribution >= 0.6 is 0 Å². The van der Waals surface area contributed by atoms with Crippen LogP contribution in [-0.4, -0.2) is 31.0 Å². The molecular weight excluding hydrogens is 262 g/mol. The highest BCUT2D eigenvalue weighted by molar-refractivity contribution is 6.01. The van der Waals surface area contributed by atoms with E-state index in [2.05, 4.69) is 0 Å². The van der Waals surface area contributed by atoms with Gasteiger partial charge in [-0.15, -0.1) is 0 Å². The summed E-state index contributed by atoms with van der Waals surface area (Å²) in [6.07, 6.45) is 4.66. The van der Waals surface area contributed by atoms with E-state index in [4.69, 9.17) is 4.74 Å². The van der Waals surface area contributed by atoms with E-state index in [-0.39, 0.29) is 5.91 Å². The monoisotopic (exact) mass is 283 g/mol. The summed E-state index contributed by atoms with van der Waals surface area (Å²) in [7, 11) is 3.53. The first-order chi connectivity index (χ1) is 10.2. The molecule has 110 valence electrons. The molecule has 1 aliphatic rings. The van der Waals surface area contributed by atoms with Crippen molar-refractivity contribution in [3.8, 4) is 5.75 Å². The van der Waals surface area contributed by atoms with E-state index < -0.39 is 0 Å². The molecule has 0 heterocycles. The van der Waals surface area contributed by atoms with Gasteiger partial charge in [-0.3, -0.25) is 4.79 Å². The van der Waals surface area contributed by atoms with E-state index in [1.54, 1.807) is 7.11 Å². The number of benzene rings is 2. The molecule has 0 unspecified atom stereocenters. The first-order valence-corrected chi connectivity index (χ1v) is 7.54. The second kappa shape index (κ2) is 5.76. The average molecular weight is 283 g/mol. The molecule has 3 heteroatoms. The maximum absolute atomic E-state index is 12.8. The van der Waals surface area contributed by atoms with Crippen LogP contribution in [0, 0.1) is 0 Å². The Morgan fingerprint density at radius 2 is 1.76 bits per heavy atom. The largest absolute Gasteiger partial charge is 0.496 e. The number of hydrogen-bond donors (Lipinski definition) is 0. The number of nitrogens with zero attached hydrogens (tertiary/aromatic N) is 1. The van der Waals surface area contributed by atoms with Crippen LogP contribution in [0.2, 0.25) is 0 Å². The molecule has 0 aliphatic heterocycles. The van der Waals surface area contributed by atoms with Gasteiger partial charge in [-0.2, -0.15) is 0 Å². The normalized spacial score (nSPS) is 15.3. The zero-order chi connectivity index (χ0) is 14.8. The Kier molecular flexibility index (Phi) is 3.82. The Morgan fingerprint density at radius 1 is 1.14 bits per heavy atom. The molecule has 21 heavy (non-hydrogen) atoms. The van der Waals surface area contributed by atoms with E-state index in [0.717, 1.165) is 23.6 Å². The molecule has 0 N–H and O–H groups in total. The van der Waals surface area contributed by atoms with Gasteiger partial charge in [0, 0.05) is 13.1 Å². The molecular formula is C18H21NO2. The Hall–Kier alpha value is -2.03. The van der Waals surface area contributed by atoms with Gasteiger partial charge >= 0.3 is 0 Å². The third-order valence-corrected chi connectivity index (χ3v) is 4.49. The predicted molar refractivity (Wildman–Crippen MR) is 84.8 cm³/mol. The summed E-state index contributed by atoms with van der Waals surface area (Å²) < 4.78 is 5.44. The minimum Gasteiger partial charge on any atom is -0.496 e. The fraction of sp³-hybridized carbons (Fsp3) is 0.389. The van der Waals surface area contributed by atoms with E-state index >= 15 is 0 Å². The molecule has 2 aromatic rings. The number of carbonyl (C=O) groups excluding carboxylic acids is 1. The van der Waals surface area contributed by atoms with Crippen LogP contribution in [0.5, 0.6) is 5.75 Å². The van der Waals surface area contributed by atoms with Crippen LogP contribution in [0.4, 0.5) is 0 Å². The summed E-state index contributed by atoms with van der Waals surface area (Å²) in [5.41, 5.74) is 0.658. The van der Waals surface area contributed by atoms with E-state index in [1.807, 2.05) is 48.3 Å². The van der Waals surface area contributed by atoms with Crippen LogP contribution in [-0.2, 0) is 0 Å². The molecule has 1 aliphatic carbocycles. The lowest BCUT2D eigenvalue weighted by molar-refractivity contribution is 0.0732. The van der Waals surface area contributed by atoms with Crippen molar-refractivity contribution >= 4 is 16.7 Å². The fourth-order valence-corrected chi connectivity index (χ4v) is 3.20. The average Bonchev–Trinajstić information content (AvgIpc) is 3.06. The molecule has 0 bridgehead atoms. The van der Waals surface area contributed by atoms with Crippen molar-refractivity contribution in [3.05, 3.63) is 42.0 Å². The Labute approximate surface area is 125 Å². The van der Waals surface area contributed by atoms with Crippen molar-refractivity contribution in [1.29, 1.82) is 0 Å². The fourth-order valence-electron chi connectivity index (χ4n) is 3.20. The zero-order valence-electron chi connectivity index (χ0n) is 12.6. The maximum Gasteiger partial charge on any atom is 0.257 e. The summed E-state index contributed by atoms with van der Waals surface area (Å²) in [6.45, 7) is 0. The number of fused-ring (bicyclic) bond motifs is 1. The molecule has 2 aromatic carbocycles. The minimum absolute atomic E-state index is 0.0597. The number of rotatable bonds is 3. The molecule has 3 rings (SSSR count).